The monoisotopic (exact) mass is 370 g/mol. The van der Waals surface area contributed by atoms with Gasteiger partial charge in [-0.05, 0) is 31.5 Å². The van der Waals surface area contributed by atoms with Crippen LogP contribution in [0.1, 0.15) is 29.4 Å². The van der Waals surface area contributed by atoms with Crippen LogP contribution in [-0.4, -0.2) is 38.4 Å². The molecule has 8 heteroatoms. The molecule has 0 saturated heterocycles. The molecule has 0 spiro atoms. The summed E-state index contributed by atoms with van der Waals surface area (Å²) in [6, 6.07) is 7.26. The minimum atomic E-state index is -0.999. The fourth-order valence-corrected chi connectivity index (χ4v) is 3.22. The number of aliphatic carboxylic acids is 1. The van der Waals surface area contributed by atoms with E-state index in [4.69, 9.17) is 9.84 Å². The van der Waals surface area contributed by atoms with E-state index in [9.17, 15) is 9.59 Å². The normalized spacial score (nSPS) is 10.9. The summed E-state index contributed by atoms with van der Waals surface area (Å²) in [6.45, 7) is 4.54. The predicted octanol–water partition coefficient (Wildman–Crippen LogP) is 2.90. The number of aryl methyl sites for hydroxylation is 1. The van der Waals surface area contributed by atoms with Crippen LogP contribution in [0.5, 0.6) is 5.75 Å². The molecule has 0 atom stereocenters. The minimum absolute atomic E-state index is 0.262. The van der Waals surface area contributed by atoms with E-state index in [1.54, 1.807) is 13.2 Å². The van der Waals surface area contributed by atoms with Crippen molar-refractivity contribution < 1.29 is 19.4 Å². The van der Waals surface area contributed by atoms with Gasteiger partial charge < -0.3 is 19.7 Å². The smallest absolute Gasteiger partial charge is 0.325 e. The number of methoxy groups -OCH3 is 1. The molecule has 27 heavy (non-hydrogen) atoms. The van der Waals surface area contributed by atoms with Gasteiger partial charge >= 0.3 is 5.97 Å². The van der Waals surface area contributed by atoms with Crippen molar-refractivity contribution in [2.75, 3.05) is 12.4 Å². The molecule has 0 unspecified atom stereocenters. The van der Waals surface area contributed by atoms with Gasteiger partial charge in [0.2, 0.25) is 0 Å². The van der Waals surface area contributed by atoms with Crippen molar-refractivity contribution in [1.82, 2.24) is 14.3 Å². The van der Waals surface area contributed by atoms with Gasteiger partial charge in [0.05, 0.1) is 12.7 Å². The molecule has 1 aromatic carbocycles. The van der Waals surface area contributed by atoms with E-state index in [-0.39, 0.29) is 12.5 Å². The summed E-state index contributed by atoms with van der Waals surface area (Å²) in [5.41, 5.74) is 2.39. The van der Waals surface area contributed by atoms with Gasteiger partial charge in [-0.15, -0.1) is 0 Å². The SMILES string of the molecule is CCCn1c(C)c(C(=O)Nc2ccn(CC(=O)O)n2)c2cc(OC)ccc21. The quantitative estimate of drug-likeness (QED) is 0.666. The maximum Gasteiger partial charge on any atom is 0.325 e. The van der Waals surface area contributed by atoms with Crippen molar-refractivity contribution >= 4 is 28.6 Å². The molecule has 3 rings (SSSR count). The Morgan fingerprint density at radius 3 is 2.74 bits per heavy atom. The lowest BCUT2D eigenvalue weighted by molar-refractivity contribution is -0.137. The fraction of sp³-hybridized carbons (Fsp3) is 0.316. The molecule has 0 radical (unpaired) electrons. The van der Waals surface area contributed by atoms with Gasteiger partial charge in [0.1, 0.15) is 12.3 Å². The number of anilines is 1. The molecule has 8 nitrogen and oxygen atoms in total. The van der Waals surface area contributed by atoms with Crippen LogP contribution < -0.4 is 10.1 Å². The maximum absolute atomic E-state index is 13.0. The summed E-state index contributed by atoms with van der Waals surface area (Å²) < 4.78 is 8.69. The van der Waals surface area contributed by atoms with Crippen molar-refractivity contribution in [3.05, 3.63) is 41.7 Å². The number of fused-ring (bicyclic) bond motifs is 1. The second kappa shape index (κ2) is 7.53. The Morgan fingerprint density at radius 2 is 2.07 bits per heavy atom. The van der Waals surface area contributed by atoms with Crippen molar-refractivity contribution in [3.8, 4) is 5.75 Å². The van der Waals surface area contributed by atoms with Crippen molar-refractivity contribution in [2.45, 2.75) is 33.4 Å². The zero-order valence-electron chi connectivity index (χ0n) is 15.5. The van der Waals surface area contributed by atoms with E-state index in [0.717, 1.165) is 29.6 Å². The number of carboxylic acids is 1. The van der Waals surface area contributed by atoms with Crippen LogP contribution >= 0.6 is 0 Å². The lowest BCUT2D eigenvalue weighted by Gasteiger charge is -2.07. The van der Waals surface area contributed by atoms with Gasteiger partial charge in [-0.25, -0.2) is 0 Å². The Morgan fingerprint density at radius 1 is 1.30 bits per heavy atom. The molecule has 3 aromatic rings. The Balaban J connectivity index is 1.99. The van der Waals surface area contributed by atoms with Crippen molar-refractivity contribution in [1.29, 1.82) is 0 Å². The summed E-state index contributed by atoms with van der Waals surface area (Å²) in [4.78, 5) is 23.7. The average Bonchev–Trinajstić information content (AvgIpc) is 3.16. The highest BCUT2D eigenvalue weighted by molar-refractivity contribution is 6.14. The number of benzene rings is 1. The number of carbonyl (C=O) groups excluding carboxylic acids is 1. The van der Waals surface area contributed by atoms with Crippen molar-refractivity contribution in [3.63, 3.8) is 0 Å². The third-order valence-electron chi connectivity index (χ3n) is 4.38. The number of carbonyl (C=O) groups is 2. The van der Waals surface area contributed by atoms with E-state index in [0.29, 0.717) is 17.1 Å². The second-order valence-corrected chi connectivity index (χ2v) is 6.24. The number of hydrogen-bond donors (Lipinski definition) is 2. The number of rotatable bonds is 7. The van der Waals surface area contributed by atoms with Gasteiger partial charge in [0, 0.05) is 35.4 Å². The highest BCUT2D eigenvalue weighted by atomic mass is 16.5. The molecule has 0 bridgehead atoms. The molecule has 0 aliphatic carbocycles. The molecule has 1 amide bonds. The number of carboxylic acid groups (broad SMARTS) is 1. The lowest BCUT2D eigenvalue weighted by Crippen LogP contribution is -2.15. The van der Waals surface area contributed by atoms with Crippen LogP contribution in [0.3, 0.4) is 0 Å². The van der Waals surface area contributed by atoms with E-state index in [1.165, 1.54) is 10.9 Å². The van der Waals surface area contributed by atoms with Gasteiger partial charge in [0.15, 0.2) is 5.82 Å². The lowest BCUT2D eigenvalue weighted by atomic mass is 10.1. The number of nitrogens with one attached hydrogen (secondary N) is 1. The predicted molar refractivity (Wildman–Crippen MR) is 101 cm³/mol. The summed E-state index contributed by atoms with van der Waals surface area (Å²) in [7, 11) is 1.59. The first-order valence-electron chi connectivity index (χ1n) is 8.68. The zero-order valence-corrected chi connectivity index (χ0v) is 15.5. The van der Waals surface area contributed by atoms with Gasteiger partial charge in [0.25, 0.3) is 5.91 Å². The molecule has 2 N–H and O–H groups in total. The van der Waals surface area contributed by atoms with Crippen LogP contribution in [0.4, 0.5) is 5.82 Å². The minimum Gasteiger partial charge on any atom is -0.497 e. The molecule has 2 heterocycles. The van der Waals surface area contributed by atoms with Crippen LogP contribution in [0.2, 0.25) is 0 Å². The number of nitrogens with zero attached hydrogens (tertiary/aromatic N) is 3. The first-order chi connectivity index (χ1) is 12.9. The summed E-state index contributed by atoms with van der Waals surface area (Å²) in [5, 5.41) is 16.5. The molecule has 0 aliphatic rings. The van der Waals surface area contributed by atoms with E-state index < -0.39 is 5.97 Å². The Hall–Kier alpha value is -3.29. The zero-order chi connectivity index (χ0) is 19.6. The molecule has 0 saturated carbocycles. The number of ether oxygens (including phenoxy) is 1. The van der Waals surface area contributed by atoms with Gasteiger partial charge in [-0.3, -0.25) is 14.3 Å². The first-order valence-corrected chi connectivity index (χ1v) is 8.68. The molecule has 142 valence electrons. The Labute approximate surface area is 156 Å². The Kier molecular flexibility index (Phi) is 5.16. The molecule has 2 aromatic heterocycles. The van der Waals surface area contributed by atoms with Crippen LogP contribution in [0, 0.1) is 6.92 Å². The second-order valence-electron chi connectivity index (χ2n) is 6.24. The van der Waals surface area contributed by atoms with E-state index in [2.05, 4.69) is 21.9 Å². The third kappa shape index (κ3) is 3.64. The van der Waals surface area contributed by atoms with Crippen LogP contribution in [-0.2, 0) is 17.9 Å². The fourth-order valence-electron chi connectivity index (χ4n) is 3.22. The number of amides is 1. The van der Waals surface area contributed by atoms with Crippen molar-refractivity contribution in [2.24, 2.45) is 0 Å². The van der Waals surface area contributed by atoms with E-state index >= 15 is 0 Å². The molecule has 0 fully saturated rings. The average molecular weight is 370 g/mol. The summed E-state index contributed by atoms with van der Waals surface area (Å²) in [6.07, 6.45) is 2.46. The van der Waals surface area contributed by atoms with Gasteiger partial charge in [-0.2, -0.15) is 5.10 Å². The van der Waals surface area contributed by atoms with E-state index in [1.807, 2.05) is 25.1 Å². The largest absolute Gasteiger partial charge is 0.497 e. The number of hydrogen-bond acceptors (Lipinski definition) is 4. The first kappa shape index (κ1) is 18.5. The Bertz CT molecular complexity index is 1000. The standard InChI is InChI=1S/C19H22N4O4/c1-4-8-23-12(2)18(14-10-13(27-3)5-6-15(14)23)19(26)20-16-7-9-22(21-16)11-17(24)25/h5-7,9-10H,4,8,11H2,1-3H3,(H,24,25)(H,20,21,26). The molecule has 0 aliphatic heterocycles. The number of aromatic nitrogens is 3. The van der Waals surface area contributed by atoms with Gasteiger partial charge in [-0.1, -0.05) is 6.92 Å². The highest BCUT2D eigenvalue weighted by Gasteiger charge is 2.21. The van der Waals surface area contributed by atoms with Crippen LogP contribution in [0.15, 0.2) is 30.5 Å². The van der Waals surface area contributed by atoms with Crippen LogP contribution in [0.25, 0.3) is 10.9 Å². The summed E-state index contributed by atoms with van der Waals surface area (Å²) >= 11 is 0. The summed E-state index contributed by atoms with van der Waals surface area (Å²) in [5.74, 6) is -0.307. The maximum atomic E-state index is 13.0. The molecular formula is C19H22N4O4. The molecular weight excluding hydrogens is 348 g/mol. The topological polar surface area (TPSA) is 98.4 Å². The highest BCUT2D eigenvalue weighted by Crippen LogP contribution is 2.30. The third-order valence-corrected chi connectivity index (χ3v) is 4.38.